The monoisotopic (exact) mass is 269 g/mol. The second-order valence-corrected chi connectivity index (χ2v) is 4.80. The van der Waals surface area contributed by atoms with Crippen LogP contribution in [-0.2, 0) is 6.42 Å². The van der Waals surface area contributed by atoms with Crippen LogP contribution in [0.3, 0.4) is 0 Å². The minimum atomic E-state index is -0.373. The molecule has 0 amide bonds. The van der Waals surface area contributed by atoms with Gasteiger partial charge < -0.3 is 10.6 Å². The van der Waals surface area contributed by atoms with Crippen LogP contribution in [0.4, 0.5) is 22.7 Å². The average molecular weight is 269 g/mol. The number of nitro benzene ring substituents is 1. The lowest BCUT2D eigenvalue weighted by Crippen LogP contribution is -2.11. The molecular weight excluding hydrogens is 254 g/mol. The number of hydrogen-bond donors (Lipinski definition) is 2. The van der Waals surface area contributed by atoms with Crippen LogP contribution in [0.2, 0.25) is 0 Å². The molecule has 2 N–H and O–H groups in total. The van der Waals surface area contributed by atoms with E-state index in [1.165, 1.54) is 11.6 Å². The predicted octanol–water partition coefficient (Wildman–Crippen LogP) is 3.70. The molecule has 0 spiro atoms. The van der Waals surface area contributed by atoms with Crippen molar-refractivity contribution in [3.05, 3.63) is 58.1 Å². The summed E-state index contributed by atoms with van der Waals surface area (Å²) in [6, 6.07) is 12.7. The highest BCUT2D eigenvalue weighted by Gasteiger charge is 2.13. The van der Waals surface area contributed by atoms with Gasteiger partial charge in [-0.25, -0.2) is 0 Å². The van der Waals surface area contributed by atoms with Gasteiger partial charge in [0, 0.05) is 24.0 Å². The number of nitro groups is 1. The van der Waals surface area contributed by atoms with Crippen molar-refractivity contribution in [2.75, 3.05) is 17.2 Å². The number of para-hydroxylation sites is 2. The summed E-state index contributed by atoms with van der Waals surface area (Å²) in [4.78, 5) is 10.6. The molecule has 5 nitrogen and oxygen atoms in total. The Morgan fingerprint density at radius 2 is 2.05 bits per heavy atom. The SMILES string of the molecule is O=[N+]([O-])c1ccccc1Nc1ccc2c(c1)CCCN2. The van der Waals surface area contributed by atoms with Gasteiger partial charge in [0.25, 0.3) is 5.69 Å². The van der Waals surface area contributed by atoms with Crippen LogP contribution in [0.5, 0.6) is 0 Å². The van der Waals surface area contributed by atoms with Crippen molar-refractivity contribution in [1.82, 2.24) is 0 Å². The van der Waals surface area contributed by atoms with Crippen molar-refractivity contribution in [3.63, 3.8) is 0 Å². The first-order valence-electron chi connectivity index (χ1n) is 6.61. The van der Waals surface area contributed by atoms with Gasteiger partial charge in [-0.1, -0.05) is 12.1 Å². The summed E-state index contributed by atoms with van der Waals surface area (Å²) in [7, 11) is 0. The molecule has 0 radical (unpaired) electrons. The number of rotatable bonds is 3. The normalized spacial score (nSPS) is 13.2. The second-order valence-electron chi connectivity index (χ2n) is 4.80. The smallest absolute Gasteiger partial charge is 0.292 e. The Kier molecular flexibility index (Phi) is 3.25. The third kappa shape index (κ3) is 2.42. The summed E-state index contributed by atoms with van der Waals surface area (Å²) in [6.07, 6.45) is 2.15. The maximum atomic E-state index is 11.0. The highest BCUT2D eigenvalue weighted by Crippen LogP contribution is 2.30. The summed E-state index contributed by atoms with van der Waals surface area (Å²) in [5.74, 6) is 0. The van der Waals surface area contributed by atoms with E-state index >= 15 is 0 Å². The Balaban J connectivity index is 1.90. The molecular formula is C15H15N3O2. The predicted molar refractivity (Wildman–Crippen MR) is 79.6 cm³/mol. The Bertz CT molecular complexity index is 655. The highest BCUT2D eigenvalue weighted by atomic mass is 16.6. The molecule has 0 saturated carbocycles. The van der Waals surface area contributed by atoms with Gasteiger partial charge in [-0.05, 0) is 42.7 Å². The van der Waals surface area contributed by atoms with Crippen molar-refractivity contribution >= 4 is 22.7 Å². The van der Waals surface area contributed by atoms with Crippen LogP contribution in [0, 0.1) is 10.1 Å². The van der Waals surface area contributed by atoms with E-state index in [1.807, 2.05) is 12.1 Å². The number of benzene rings is 2. The van der Waals surface area contributed by atoms with Crippen molar-refractivity contribution in [2.45, 2.75) is 12.8 Å². The lowest BCUT2D eigenvalue weighted by molar-refractivity contribution is -0.383. The standard InChI is InChI=1S/C15H15N3O2/c19-18(20)15-6-2-1-5-14(15)17-12-7-8-13-11(10-12)4-3-9-16-13/h1-2,5-8,10,16-17H,3-4,9H2. The summed E-state index contributed by atoms with van der Waals surface area (Å²) in [5.41, 5.74) is 3.88. The van der Waals surface area contributed by atoms with E-state index < -0.39 is 0 Å². The van der Waals surface area contributed by atoms with Gasteiger partial charge in [-0.3, -0.25) is 10.1 Å². The summed E-state index contributed by atoms with van der Waals surface area (Å²) >= 11 is 0. The Morgan fingerprint density at radius 1 is 1.20 bits per heavy atom. The van der Waals surface area contributed by atoms with Gasteiger partial charge in [0.05, 0.1) is 4.92 Å². The van der Waals surface area contributed by atoms with Gasteiger partial charge in [0.15, 0.2) is 0 Å². The van der Waals surface area contributed by atoms with E-state index in [4.69, 9.17) is 0 Å². The molecule has 5 heteroatoms. The van der Waals surface area contributed by atoms with E-state index in [9.17, 15) is 10.1 Å². The molecule has 102 valence electrons. The topological polar surface area (TPSA) is 67.2 Å². The Labute approximate surface area is 116 Å². The molecule has 0 aromatic heterocycles. The zero-order chi connectivity index (χ0) is 13.9. The molecule has 2 aromatic rings. The molecule has 0 aliphatic carbocycles. The maximum Gasteiger partial charge on any atom is 0.292 e. The quantitative estimate of drug-likeness (QED) is 0.658. The van der Waals surface area contributed by atoms with Crippen LogP contribution < -0.4 is 10.6 Å². The van der Waals surface area contributed by atoms with E-state index in [0.717, 1.165) is 30.8 Å². The largest absolute Gasteiger partial charge is 0.385 e. The molecule has 1 heterocycles. The average Bonchev–Trinajstić information content (AvgIpc) is 2.47. The zero-order valence-electron chi connectivity index (χ0n) is 10.9. The van der Waals surface area contributed by atoms with E-state index in [-0.39, 0.29) is 10.6 Å². The van der Waals surface area contributed by atoms with Gasteiger partial charge in [0.2, 0.25) is 0 Å². The number of nitrogens with one attached hydrogen (secondary N) is 2. The Hall–Kier alpha value is -2.56. The minimum Gasteiger partial charge on any atom is -0.385 e. The number of nitrogens with zero attached hydrogens (tertiary/aromatic N) is 1. The molecule has 0 saturated heterocycles. The van der Waals surface area contributed by atoms with Crippen LogP contribution in [-0.4, -0.2) is 11.5 Å². The number of hydrogen-bond acceptors (Lipinski definition) is 4. The third-order valence-corrected chi connectivity index (χ3v) is 3.42. The van der Waals surface area contributed by atoms with E-state index in [1.54, 1.807) is 18.2 Å². The second kappa shape index (κ2) is 5.21. The minimum absolute atomic E-state index is 0.0864. The van der Waals surface area contributed by atoms with E-state index in [2.05, 4.69) is 16.7 Å². The van der Waals surface area contributed by atoms with Crippen LogP contribution in [0.1, 0.15) is 12.0 Å². The first-order valence-corrected chi connectivity index (χ1v) is 6.61. The molecule has 1 aliphatic rings. The first-order chi connectivity index (χ1) is 9.74. The molecule has 0 unspecified atom stereocenters. The maximum absolute atomic E-state index is 11.0. The van der Waals surface area contributed by atoms with Crippen molar-refractivity contribution < 1.29 is 4.92 Å². The summed E-state index contributed by atoms with van der Waals surface area (Å²) in [5, 5.41) is 17.5. The Morgan fingerprint density at radius 3 is 2.90 bits per heavy atom. The van der Waals surface area contributed by atoms with Crippen molar-refractivity contribution in [1.29, 1.82) is 0 Å². The van der Waals surface area contributed by atoms with Gasteiger partial charge in [-0.2, -0.15) is 0 Å². The van der Waals surface area contributed by atoms with Crippen molar-refractivity contribution in [3.8, 4) is 0 Å². The fourth-order valence-corrected chi connectivity index (χ4v) is 2.45. The molecule has 2 aromatic carbocycles. The summed E-state index contributed by atoms with van der Waals surface area (Å²) < 4.78 is 0. The summed E-state index contributed by atoms with van der Waals surface area (Å²) in [6.45, 7) is 1.00. The molecule has 1 aliphatic heterocycles. The van der Waals surface area contributed by atoms with Crippen LogP contribution in [0.25, 0.3) is 0 Å². The molecule has 20 heavy (non-hydrogen) atoms. The van der Waals surface area contributed by atoms with Crippen LogP contribution >= 0.6 is 0 Å². The fourth-order valence-electron chi connectivity index (χ4n) is 2.45. The third-order valence-electron chi connectivity index (χ3n) is 3.42. The molecule has 0 atom stereocenters. The zero-order valence-corrected chi connectivity index (χ0v) is 10.9. The van der Waals surface area contributed by atoms with Gasteiger partial charge >= 0.3 is 0 Å². The fraction of sp³-hybridized carbons (Fsp3) is 0.200. The number of aryl methyl sites for hydroxylation is 1. The number of fused-ring (bicyclic) bond motifs is 1. The molecule has 0 bridgehead atoms. The first kappa shape index (κ1) is 12.5. The van der Waals surface area contributed by atoms with Crippen LogP contribution in [0.15, 0.2) is 42.5 Å². The van der Waals surface area contributed by atoms with E-state index in [0.29, 0.717) is 5.69 Å². The van der Waals surface area contributed by atoms with Crippen molar-refractivity contribution in [2.24, 2.45) is 0 Å². The lowest BCUT2D eigenvalue weighted by atomic mass is 10.0. The molecule has 3 rings (SSSR count). The molecule has 0 fully saturated rings. The lowest BCUT2D eigenvalue weighted by Gasteiger charge is -2.19. The van der Waals surface area contributed by atoms with Gasteiger partial charge in [-0.15, -0.1) is 0 Å². The highest BCUT2D eigenvalue weighted by molar-refractivity contribution is 5.71. The number of anilines is 3. The van der Waals surface area contributed by atoms with Gasteiger partial charge in [0.1, 0.15) is 5.69 Å².